The molecule has 0 saturated carbocycles. The van der Waals surface area contributed by atoms with Crippen LogP contribution in [-0.2, 0) is 42.9 Å². The molecule has 10 nitrogen and oxygen atoms in total. The van der Waals surface area contributed by atoms with Crippen LogP contribution in [0.5, 0.6) is 0 Å². The molecule has 266 valence electrons. The molecule has 2 amide bonds. The Bertz CT molecular complexity index is 2110. The summed E-state index contributed by atoms with van der Waals surface area (Å²) >= 11 is 0. The highest BCUT2D eigenvalue weighted by molar-refractivity contribution is 7.96. The van der Waals surface area contributed by atoms with E-state index in [0.29, 0.717) is 17.3 Å². The standard InChI is InChI=1S/C41H34N3O7PS/c45-37(25-30-13-5-1-6-14-30)42-41(40(47)51-27-31-21-23-33(24-22-31)44(48)49)38(46)43-26-32(29-53(50)39(41)43)28-52(34-15-7-2-8-16-34,35-17-9-3-10-18-35)36-19-11-4-12-20-36/h1-24,26,39H,25,27-29H2/p+1/t39-,41+,53+/m1/s1. The van der Waals surface area contributed by atoms with Gasteiger partial charge < -0.3 is 10.1 Å². The number of non-ortho nitro benzene ring substituents is 1. The number of nitrogens with zero attached hydrogens (tertiary/aromatic N) is 2. The third-order valence-electron chi connectivity index (χ3n) is 9.51. The number of hydrogen-bond donors (Lipinski definition) is 1. The van der Waals surface area contributed by atoms with Gasteiger partial charge in [-0.05, 0) is 65.2 Å². The fraction of sp³-hybridized carbons (Fsp3) is 0.146. The van der Waals surface area contributed by atoms with Gasteiger partial charge in [-0.2, -0.15) is 0 Å². The lowest BCUT2D eigenvalue weighted by molar-refractivity contribution is -0.384. The molecule has 0 radical (unpaired) electrons. The first-order valence-electron chi connectivity index (χ1n) is 16.9. The highest BCUT2D eigenvalue weighted by atomic mass is 32.2. The summed E-state index contributed by atoms with van der Waals surface area (Å²) < 4.78 is 20.0. The van der Waals surface area contributed by atoms with E-state index in [2.05, 4.69) is 41.7 Å². The van der Waals surface area contributed by atoms with E-state index in [1.807, 2.05) is 60.7 Å². The zero-order chi connectivity index (χ0) is 37.0. The monoisotopic (exact) mass is 744 g/mol. The number of benzene rings is 5. The van der Waals surface area contributed by atoms with Gasteiger partial charge >= 0.3 is 5.97 Å². The molecular weight excluding hydrogens is 710 g/mol. The third kappa shape index (κ3) is 6.81. The normalized spacial score (nSPS) is 19.3. The van der Waals surface area contributed by atoms with Crippen molar-refractivity contribution in [3.8, 4) is 0 Å². The van der Waals surface area contributed by atoms with Crippen LogP contribution in [-0.4, -0.2) is 54.6 Å². The molecule has 5 aromatic rings. The van der Waals surface area contributed by atoms with Crippen LogP contribution in [0.1, 0.15) is 11.1 Å². The van der Waals surface area contributed by atoms with E-state index < -0.39 is 51.7 Å². The van der Waals surface area contributed by atoms with Gasteiger partial charge in [0.05, 0.1) is 34.1 Å². The van der Waals surface area contributed by atoms with Crippen LogP contribution in [0, 0.1) is 10.1 Å². The molecule has 12 heteroatoms. The second kappa shape index (κ2) is 15.1. The first-order valence-corrected chi connectivity index (χ1v) is 20.3. The number of hydrogen-bond acceptors (Lipinski definition) is 7. The predicted molar refractivity (Wildman–Crippen MR) is 206 cm³/mol. The number of amides is 2. The van der Waals surface area contributed by atoms with Gasteiger partial charge in [0.25, 0.3) is 17.1 Å². The Hall–Kier alpha value is -5.77. The quantitative estimate of drug-likeness (QED) is 0.0495. The summed E-state index contributed by atoms with van der Waals surface area (Å²) in [5.41, 5.74) is -0.482. The summed E-state index contributed by atoms with van der Waals surface area (Å²) in [6, 6.07) is 44.9. The number of fused-ring (bicyclic) bond motifs is 1. The minimum Gasteiger partial charge on any atom is -0.459 e. The van der Waals surface area contributed by atoms with Gasteiger partial charge in [0.15, 0.2) is 5.37 Å². The van der Waals surface area contributed by atoms with Gasteiger partial charge in [-0.3, -0.25) is 28.8 Å². The molecule has 0 spiro atoms. The lowest BCUT2D eigenvalue weighted by atomic mass is 9.87. The summed E-state index contributed by atoms with van der Waals surface area (Å²) in [4.78, 5) is 53.7. The largest absolute Gasteiger partial charge is 0.459 e. The molecule has 2 aliphatic heterocycles. The molecule has 0 unspecified atom stereocenters. The average molecular weight is 745 g/mol. The molecule has 2 aliphatic rings. The summed E-state index contributed by atoms with van der Waals surface area (Å²) in [7, 11) is -4.23. The minimum atomic E-state index is -2.40. The van der Waals surface area contributed by atoms with E-state index in [1.54, 1.807) is 30.5 Å². The molecule has 3 atom stereocenters. The molecule has 53 heavy (non-hydrogen) atoms. The number of ether oxygens (including phenoxy) is 1. The first-order chi connectivity index (χ1) is 25.7. The molecule has 1 fully saturated rings. The Morgan fingerprint density at radius 1 is 0.792 bits per heavy atom. The third-order valence-corrected chi connectivity index (χ3v) is 15.7. The van der Waals surface area contributed by atoms with Crippen molar-refractivity contribution >= 4 is 57.4 Å². The smallest absolute Gasteiger partial charge is 0.345 e. The summed E-state index contributed by atoms with van der Waals surface area (Å²) in [6.45, 7) is -0.320. The van der Waals surface area contributed by atoms with Crippen molar-refractivity contribution in [2.75, 3.05) is 11.9 Å². The van der Waals surface area contributed by atoms with Crippen LogP contribution in [0.2, 0.25) is 0 Å². The van der Waals surface area contributed by atoms with E-state index >= 15 is 0 Å². The number of carbonyl (C=O) groups is 3. The molecule has 0 bridgehead atoms. The summed E-state index contributed by atoms with van der Waals surface area (Å²) in [5.74, 6) is -2.33. The molecule has 0 aromatic heterocycles. The lowest BCUT2D eigenvalue weighted by Gasteiger charge is -2.53. The van der Waals surface area contributed by atoms with Gasteiger partial charge in [0, 0.05) is 18.3 Å². The molecule has 7 rings (SSSR count). The number of nitrogens with one attached hydrogen (secondary N) is 1. The zero-order valence-electron chi connectivity index (χ0n) is 28.4. The highest BCUT2D eigenvalue weighted by Crippen LogP contribution is 2.57. The molecule has 1 saturated heterocycles. The maximum Gasteiger partial charge on any atom is 0.345 e. The lowest BCUT2D eigenvalue weighted by Crippen LogP contribution is -2.84. The fourth-order valence-electron chi connectivity index (χ4n) is 7.04. The number of β-lactam (4-membered cyclic amide) rings is 1. The SMILES string of the molecule is O=C(Cc1ccccc1)N[C@@]1(C(=O)OCc2ccc([N+](=O)[O-])cc2)C(=O)N2C=C(C[P+](c3ccccc3)(c3ccccc3)c3ccccc3)C[S@](=O)[C@@H]21. The van der Waals surface area contributed by atoms with Gasteiger partial charge in [-0.15, -0.1) is 0 Å². The van der Waals surface area contributed by atoms with Gasteiger partial charge in [-0.1, -0.05) is 84.9 Å². The number of nitro benzene ring substituents is 1. The number of rotatable bonds is 12. The Kier molecular flexibility index (Phi) is 10.1. The Labute approximate surface area is 309 Å². The maximum absolute atomic E-state index is 14.4. The van der Waals surface area contributed by atoms with Crippen molar-refractivity contribution in [3.05, 3.63) is 179 Å². The molecule has 0 aliphatic carbocycles. The summed E-state index contributed by atoms with van der Waals surface area (Å²) in [5, 5.41) is 15.9. The molecule has 1 N–H and O–H groups in total. The Balaban J connectivity index is 1.23. The van der Waals surface area contributed by atoms with E-state index in [0.717, 1.165) is 21.5 Å². The Morgan fingerprint density at radius 2 is 1.30 bits per heavy atom. The second-order valence-corrected chi connectivity index (χ2v) is 17.9. The fourth-order valence-corrected chi connectivity index (χ4v) is 13.2. The van der Waals surface area contributed by atoms with Crippen molar-refractivity contribution in [2.24, 2.45) is 0 Å². The van der Waals surface area contributed by atoms with Crippen LogP contribution >= 0.6 is 7.26 Å². The van der Waals surface area contributed by atoms with Crippen molar-refractivity contribution in [1.82, 2.24) is 10.2 Å². The number of esters is 1. The minimum absolute atomic E-state index is 0.0641. The van der Waals surface area contributed by atoms with Crippen LogP contribution in [0.3, 0.4) is 0 Å². The van der Waals surface area contributed by atoms with E-state index in [1.165, 1.54) is 29.2 Å². The highest BCUT2D eigenvalue weighted by Gasteiger charge is 2.71. The number of carbonyl (C=O) groups excluding carboxylic acids is 3. The van der Waals surface area contributed by atoms with Crippen molar-refractivity contribution in [1.29, 1.82) is 0 Å². The van der Waals surface area contributed by atoms with Crippen LogP contribution < -0.4 is 21.2 Å². The zero-order valence-corrected chi connectivity index (χ0v) is 30.2. The number of nitro groups is 1. The van der Waals surface area contributed by atoms with E-state index in [9.17, 15) is 28.7 Å². The molecular formula is C41H35N3O7PS+. The van der Waals surface area contributed by atoms with Crippen LogP contribution in [0.25, 0.3) is 0 Å². The van der Waals surface area contributed by atoms with Crippen molar-refractivity contribution in [3.63, 3.8) is 0 Å². The van der Waals surface area contributed by atoms with Crippen molar-refractivity contribution < 1.29 is 28.3 Å². The Morgan fingerprint density at radius 3 is 1.81 bits per heavy atom. The molecule has 5 aromatic carbocycles. The van der Waals surface area contributed by atoms with Gasteiger partial charge in [0.1, 0.15) is 29.8 Å². The van der Waals surface area contributed by atoms with Crippen LogP contribution in [0.15, 0.2) is 157 Å². The van der Waals surface area contributed by atoms with Gasteiger partial charge in [0.2, 0.25) is 5.91 Å². The predicted octanol–water partition coefficient (Wildman–Crippen LogP) is 4.54. The molecule has 2 heterocycles. The second-order valence-electron chi connectivity index (χ2n) is 12.9. The van der Waals surface area contributed by atoms with E-state index in [4.69, 9.17) is 4.74 Å². The van der Waals surface area contributed by atoms with Crippen LogP contribution in [0.4, 0.5) is 5.69 Å². The summed E-state index contributed by atoms with van der Waals surface area (Å²) in [6.07, 6.45) is 2.07. The van der Waals surface area contributed by atoms with Gasteiger partial charge in [-0.25, -0.2) is 4.79 Å². The topological polar surface area (TPSA) is 136 Å². The van der Waals surface area contributed by atoms with Crippen molar-refractivity contribution in [2.45, 2.75) is 23.9 Å². The maximum atomic E-state index is 14.4. The van der Waals surface area contributed by atoms with E-state index in [-0.39, 0.29) is 24.5 Å². The average Bonchev–Trinajstić information content (AvgIpc) is 3.19. The first kappa shape index (κ1) is 35.6.